The molecule has 5 atom stereocenters. The summed E-state index contributed by atoms with van der Waals surface area (Å²) in [7, 11) is 0. The van der Waals surface area contributed by atoms with Gasteiger partial charge in [-0.05, 0) is 25.7 Å². The van der Waals surface area contributed by atoms with E-state index in [1.807, 2.05) is 37.4 Å². The minimum Gasteiger partial charge on any atom is -0.481 e. The molecule has 1 aromatic carbocycles. The van der Waals surface area contributed by atoms with Gasteiger partial charge in [0.15, 0.2) is 29.5 Å². The van der Waals surface area contributed by atoms with E-state index in [2.05, 4.69) is 25.6 Å². The van der Waals surface area contributed by atoms with Crippen molar-refractivity contribution in [1.82, 2.24) is 24.8 Å². The van der Waals surface area contributed by atoms with Crippen molar-refractivity contribution in [3.8, 4) is 0 Å². The summed E-state index contributed by atoms with van der Waals surface area (Å²) >= 11 is 1.59. The number of ether oxygens (including phenoxy) is 3. The van der Waals surface area contributed by atoms with Crippen molar-refractivity contribution in [2.45, 2.75) is 55.5 Å². The van der Waals surface area contributed by atoms with Crippen molar-refractivity contribution >= 4 is 40.7 Å². The summed E-state index contributed by atoms with van der Waals surface area (Å²) in [6, 6.07) is 7.44. The average molecular weight is 515 g/mol. The normalized spacial score (nSPS) is 25.1. The number of hydrogen-bond donors (Lipinski definition) is 3. The number of carbonyl (C=O) groups is 2. The zero-order chi connectivity index (χ0) is 25.2. The molecule has 2 amide bonds. The molecule has 0 bridgehead atoms. The summed E-state index contributed by atoms with van der Waals surface area (Å²) in [5.74, 6) is -0.652. The fourth-order valence-corrected chi connectivity index (χ4v) is 5.12. The van der Waals surface area contributed by atoms with Crippen molar-refractivity contribution < 1.29 is 28.9 Å². The Kier molecular flexibility index (Phi) is 7.05. The molecule has 36 heavy (non-hydrogen) atoms. The molecule has 0 saturated carbocycles. The molecule has 2 aromatic heterocycles. The first-order valence-corrected chi connectivity index (χ1v) is 12.8. The third-order valence-electron chi connectivity index (χ3n) is 6.08. The lowest BCUT2D eigenvalue weighted by molar-refractivity contribution is -0.152. The number of carboxylic acids is 1. The van der Waals surface area contributed by atoms with Crippen molar-refractivity contribution in [3.05, 3.63) is 42.5 Å². The molecule has 190 valence electrons. The second kappa shape index (κ2) is 10.4. The second-order valence-electron chi connectivity index (χ2n) is 8.30. The average Bonchev–Trinajstić information content (AvgIpc) is 3.57. The number of amides is 2. The highest BCUT2D eigenvalue weighted by Crippen LogP contribution is 2.47. The van der Waals surface area contributed by atoms with Gasteiger partial charge in [0.25, 0.3) is 0 Å². The van der Waals surface area contributed by atoms with Gasteiger partial charge in [0, 0.05) is 23.4 Å². The Balaban J connectivity index is 1.46. The molecule has 13 heteroatoms. The predicted octanol–water partition coefficient (Wildman–Crippen LogP) is 2.93. The number of thioether (sulfide) groups is 1. The van der Waals surface area contributed by atoms with E-state index >= 15 is 0 Å². The first kappa shape index (κ1) is 24.4. The monoisotopic (exact) mass is 514 g/mol. The van der Waals surface area contributed by atoms with Crippen LogP contribution in [-0.2, 0) is 19.0 Å². The first-order valence-electron chi connectivity index (χ1n) is 11.5. The van der Waals surface area contributed by atoms with E-state index in [4.69, 9.17) is 14.2 Å². The van der Waals surface area contributed by atoms with Gasteiger partial charge in [0.1, 0.15) is 18.5 Å². The maximum atomic E-state index is 12.0. The quantitative estimate of drug-likeness (QED) is 0.383. The van der Waals surface area contributed by atoms with Crippen LogP contribution in [-0.4, -0.2) is 67.7 Å². The largest absolute Gasteiger partial charge is 0.481 e. The predicted molar refractivity (Wildman–Crippen MR) is 130 cm³/mol. The molecule has 2 aliphatic heterocycles. The van der Waals surface area contributed by atoms with Crippen LogP contribution >= 0.6 is 11.8 Å². The zero-order valence-corrected chi connectivity index (χ0v) is 20.5. The topological polar surface area (TPSA) is 150 Å². The number of rotatable bonds is 8. The van der Waals surface area contributed by atoms with Gasteiger partial charge in [-0.3, -0.25) is 14.7 Å². The van der Waals surface area contributed by atoms with Gasteiger partial charge in [-0.2, -0.15) is 0 Å². The van der Waals surface area contributed by atoms with Crippen LogP contribution in [0.25, 0.3) is 11.2 Å². The maximum Gasteiger partial charge on any atom is 0.320 e. The number of anilines is 1. The summed E-state index contributed by atoms with van der Waals surface area (Å²) in [4.78, 5) is 37.3. The van der Waals surface area contributed by atoms with Crippen LogP contribution in [0.15, 0.2) is 41.8 Å². The van der Waals surface area contributed by atoms with Gasteiger partial charge in [0.05, 0.1) is 12.4 Å². The number of benzene rings is 1. The Bertz CT molecular complexity index is 1270. The van der Waals surface area contributed by atoms with Crippen LogP contribution in [0.4, 0.5) is 10.6 Å². The summed E-state index contributed by atoms with van der Waals surface area (Å²) in [6.45, 7) is 2.27. The van der Waals surface area contributed by atoms with Crippen molar-refractivity contribution in [3.63, 3.8) is 0 Å². The molecule has 0 aliphatic carbocycles. The lowest BCUT2D eigenvalue weighted by atomic mass is 10.1. The van der Waals surface area contributed by atoms with Crippen molar-refractivity contribution in [1.29, 1.82) is 0 Å². The molecule has 2 saturated heterocycles. The lowest BCUT2D eigenvalue weighted by Gasteiger charge is -2.22. The number of nitrogens with one attached hydrogen (secondary N) is 2. The Labute approximate surface area is 210 Å². The Morgan fingerprint density at radius 3 is 2.72 bits per heavy atom. The first-order chi connectivity index (χ1) is 17.5. The number of carboxylic acid groups (broad SMARTS) is 1. The van der Waals surface area contributed by atoms with Gasteiger partial charge in [-0.1, -0.05) is 18.2 Å². The zero-order valence-electron chi connectivity index (χ0n) is 19.7. The number of hydrogen-bond acceptors (Lipinski definition) is 9. The van der Waals surface area contributed by atoms with Crippen LogP contribution in [0.1, 0.15) is 37.8 Å². The van der Waals surface area contributed by atoms with E-state index < -0.39 is 42.8 Å². The number of aliphatic carboxylic acids is 1. The SMILES string of the molecule is CCNC(=O)Nc1ncnc2c1ncn2C1OC(CCC(=O)O)C2OC(c3ccccc3SC)OC21. The molecule has 2 fully saturated rings. The molecular formula is C23H26N6O6S. The number of nitrogens with zero attached hydrogens (tertiary/aromatic N) is 4. The molecule has 3 aromatic rings. The fraction of sp³-hybridized carbons (Fsp3) is 0.435. The van der Waals surface area contributed by atoms with E-state index in [0.717, 1.165) is 10.5 Å². The highest BCUT2D eigenvalue weighted by molar-refractivity contribution is 7.98. The Hall–Kier alpha value is -3.26. The van der Waals surface area contributed by atoms with Crippen LogP contribution < -0.4 is 10.6 Å². The van der Waals surface area contributed by atoms with E-state index in [1.165, 1.54) is 6.33 Å². The number of fused-ring (bicyclic) bond motifs is 2. The van der Waals surface area contributed by atoms with Crippen molar-refractivity contribution in [2.75, 3.05) is 18.1 Å². The highest BCUT2D eigenvalue weighted by atomic mass is 32.2. The minimum absolute atomic E-state index is 0.0660. The third kappa shape index (κ3) is 4.62. The molecule has 0 spiro atoms. The number of imidazole rings is 1. The fourth-order valence-electron chi connectivity index (χ4n) is 4.51. The third-order valence-corrected chi connectivity index (χ3v) is 6.90. The number of urea groups is 1. The second-order valence-corrected chi connectivity index (χ2v) is 9.15. The Morgan fingerprint density at radius 2 is 1.94 bits per heavy atom. The van der Waals surface area contributed by atoms with Gasteiger partial charge >= 0.3 is 12.0 Å². The molecule has 2 aliphatic rings. The van der Waals surface area contributed by atoms with E-state index in [9.17, 15) is 14.7 Å². The summed E-state index contributed by atoms with van der Waals surface area (Å²) in [5, 5.41) is 14.6. The molecular weight excluding hydrogens is 488 g/mol. The molecule has 12 nitrogen and oxygen atoms in total. The van der Waals surface area contributed by atoms with Crippen LogP contribution in [0, 0.1) is 0 Å². The van der Waals surface area contributed by atoms with E-state index in [0.29, 0.717) is 17.7 Å². The van der Waals surface area contributed by atoms with Gasteiger partial charge in [-0.25, -0.2) is 19.7 Å². The van der Waals surface area contributed by atoms with E-state index in [1.54, 1.807) is 22.7 Å². The van der Waals surface area contributed by atoms with E-state index in [-0.39, 0.29) is 18.7 Å². The molecule has 3 N–H and O–H groups in total. The summed E-state index contributed by atoms with van der Waals surface area (Å²) in [5.41, 5.74) is 1.73. The summed E-state index contributed by atoms with van der Waals surface area (Å²) < 4.78 is 20.7. The minimum atomic E-state index is -0.913. The molecule has 4 heterocycles. The smallest absolute Gasteiger partial charge is 0.320 e. The number of carbonyl (C=O) groups excluding carboxylic acids is 1. The lowest BCUT2D eigenvalue weighted by Crippen LogP contribution is -2.29. The summed E-state index contributed by atoms with van der Waals surface area (Å²) in [6.07, 6.45) is 2.25. The van der Waals surface area contributed by atoms with Crippen LogP contribution in [0.3, 0.4) is 0 Å². The molecule has 5 rings (SSSR count). The van der Waals surface area contributed by atoms with Gasteiger partial charge < -0.3 is 24.6 Å². The highest BCUT2D eigenvalue weighted by Gasteiger charge is 2.54. The maximum absolute atomic E-state index is 12.0. The molecule has 5 unspecified atom stereocenters. The van der Waals surface area contributed by atoms with Crippen LogP contribution in [0.5, 0.6) is 0 Å². The molecule has 0 radical (unpaired) electrons. The van der Waals surface area contributed by atoms with Crippen LogP contribution in [0.2, 0.25) is 0 Å². The van der Waals surface area contributed by atoms with Gasteiger partial charge in [0.2, 0.25) is 0 Å². The van der Waals surface area contributed by atoms with Gasteiger partial charge in [-0.15, -0.1) is 11.8 Å². The van der Waals surface area contributed by atoms with Crippen molar-refractivity contribution in [2.24, 2.45) is 0 Å². The standard InChI is InChI=1S/C23H26N6O6S/c1-3-24-23(32)28-19-16-20(26-10-25-19)29(11-27-16)21-18-17(13(33-21)8-9-15(30)31)34-22(35-18)12-6-4-5-7-14(12)36-2/h4-7,10-11,13,17-18,21-22H,3,8-9H2,1-2H3,(H,30,31)(H2,24,25,26,28,32). The Morgan fingerprint density at radius 1 is 1.14 bits per heavy atom. The number of aromatic nitrogens is 4.